The zero-order valence-corrected chi connectivity index (χ0v) is 18.1. The molecule has 3 aromatic rings. The smallest absolute Gasteiger partial charge is 0.250 e. The van der Waals surface area contributed by atoms with Crippen molar-refractivity contribution < 1.29 is 9.53 Å². The summed E-state index contributed by atoms with van der Waals surface area (Å²) in [7, 11) is 0. The van der Waals surface area contributed by atoms with E-state index in [1.165, 1.54) is 55.7 Å². The number of carbonyl (C=O) groups excluding carboxylic acids is 1. The van der Waals surface area contributed by atoms with E-state index in [-0.39, 0.29) is 0 Å². The summed E-state index contributed by atoms with van der Waals surface area (Å²) in [5.41, 5.74) is 6.92. The molecule has 1 aromatic heterocycles. The first kappa shape index (κ1) is 21.3. The van der Waals surface area contributed by atoms with Gasteiger partial charge >= 0.3 is 0 Å². The summed E-state index contributed by atoms with van der Waals surface area (Å²) in [6, 6.07) is 16.3. The number of amides is 1. The molecule has 162 valence electrons. The van der Waals surface area contributed by atoms with E-state index in [4.69, 9.17) is 10.5 Å². The molecule has 1 heterocycles. The van der Waals surface area contributed by atoms with Crippen LogP contribution in [0.1, 0.15) is 61.4 Å². The molecule has 3 N–H and O–H groups in total. The Hall–Kier alpha value is -2.92. The number of nitrogens with zero attached hydrogens (tertiary/aromatic N) is 1. The van der Waals surface area contributed by atoms with Crippen LogP contribution >= 0.6 is 0 Å². The first-order chi connectivity index (χ1) is 15.1. The lowest BCUT2D eigenvalue weighted by atomic mass is 9.83. The first-order valence-corrected chi connectivity index (χ1v) is 11.3. The quantitative estimate of drug-likeness (QED) is 0.502. The number of carbonyl (C=O) groups is 1. The predicted molar refractivity (Wildman–Crippen MR) is 124 cm³/mol. The van der Waals surface area contributed by atoms with Gasteiger partial charge in [0.2, 0.25) is 11.8 Å². The normalized spacial score (nSPS) is 18.7. The van der Waals surface area contributed by atoms with Gasteiger partial charge in [0.1, 0.15) is 5.75 Å². The summed E-state index contributed by atoms with van der Waals surface area (Å²) in [4.78, 5) is 15.4. The van der Waals surface area contributed by atoms with Gasteiger partial charge in [0, 0.05) is 30.2 Å². The molecule has 0 unspecified atom stereocenters. The van der Waals surface area contributed by atoms with Crippen LogP contribution in [-0.2, 0) is 6.54 Å². The number of nitrogens with two attached hydrogens (primary N) is 1. The third kappa shape index (κ3) is 5.23. The van der Waals surface area contributed by atoms with E-state index in [2.05, 4.69) is 41.5 Å². The van der Waals surface area contributed by atoms with Crippen LogP contribution in [0.2, 0.25) is 0 Å². The second-order valence-corrected chi connectivity index (χ2v) is 8.51. The molecule has 2 aromatic carbocycles. The summed E-state index contributed by atoms with van der Waals surface area (Å²) in [6.45, 7) is 3.14. The average molecular weight is 418 g/mol. The van der Waals surface area contributed by atoms with E-state index < -0.39 is 5.91 Å². The number of ether oxygens (including phenoxy) is 1. The number of nitrogens with one attached hydrogen (secondary N) is 1. The average Bonchev–Trinajstić information content (AvgIpc) is 2.79. The van der Waals surface area contributed by atoms with E-state index >= 15 is 0 Å². The minimum atomic E-state index is -0.500. The Labute approximate surface area is 184 Å². The van der Waals surface area contributed by atoms with Crippen LogP contribution in [0.15, 0.2) is 54.7 Å². The number of primary amides is 1. The molecule has 4 rings (SSSR count). The monoisotopic (exact) mass is 417 g/mol. The Balaban J connectivity index is 1.46. The highest BCUT2D eigenvalue weighted by Crippen LogP contribution is 2.32. The molecule has 31 heavy (non-hydrogen) atoms. The number of aromatic nitrogens is 1. The summed E-state index contributed by atoms with van der Waals surface area (Å²) >= 11 is 0. The Kier molecular flexibility index (Phi) is 6.82. The number of hydrogen-bond acceptors (Lipinski definition) is 4. The number of rotatable bonds is 8. The van der Waals surface area contributed by atoms with Crippen molar-refractivity contribution in [1.29, 1.82) is 0 Å². The van der Waals surface area contributed by atoms with Crippen molar-refractivity contribution in [3.63, 3.8) is 0 Å². The molecule has 5 heteroatoms. The maximum atomic E-state index is 11.2. The van der Waals surface area contributed by atoms with Crippen LogP contribution in [0, 0.1) is 5.92 Å². The van der Waals surface area contributed by atoms with Crippen LogP contribution in [0.4, 0.5) is 0 Å². The lowest BCUT2D eigenvalue weighted by Crippen LogP contribution is -2.32. The van der Waals surface area contributed by atoms with Crippen molar-refractivity contribution in [2.45, 2.75) is 58.0 Å². The molecule has 0 bridgehead atoms. The molecule has 1 aliphatic carbocycles. The van der Waals surface area contributed by atoms with Crippen molar-refractivity contribution in [3.8, 4) is 11.6 Å². The first-order valence-electron chi connectivity index (χ1n) is 11.3. The van der Waals surface area contributed by atoms with Gasteiger partial charge < -0.3 is 15.8 Å². The van der Waals surface area contributed by atoms with Crippen LogP contribution < -0.4 is 15.8 Å². The van der Waals surface area contributed by atoms with E-state index in [1.807, 2.05) is 12.1 Å². The molecule has 0 spiro atoms. The summed E-state index contributed by atoms with van der Waals surface area (Å²) in [6.07, 6.45) is 9.36. The van der Waals surface area contributed by atoms with Crippen molar-refractivity contribution in [1.82, 2.24) is 10.3 Å². The van der Waals surface area contributed by atoms with Gasteiger partial charge in [-0.25, -0.2) is 4.98 Å². The van der Waals surface area contributed by atoms with Crippen LogP contribution in [0.3, 0.4) is 0 Å². The maximum absolute atomic E-state index is 11.2. The van der Waals surface area contributed by atoms with Gasteiger partial charge in [-0.3, -0.25) is 4.79 Å². The fourth-order valence-electron chi connectivity index (χ4n) is 4.61. The zero-order valence-electron chi connectivity index (χ0n) is 18.1. The molecular weight excluding hydrogens is 386 g/mol. The van der Waals surface area contributed by atoms with Gasteiger partial charge in [0.15, 0.2) is 0 Å². The van der Waals surface area contributed by atoms with E-state index in [1.54, 1.807) is 12.1 Å². The SMILES string of the molecule is CCCC1CCC(NCc2cccc3c(Oc4ccc(C(N)=O)cn4)cccc23)CC1. The highest BCUT2D eigenvalue weighted by atomic mass is 16.5. The van der Waals surface area contributed by atoms with Gasteiger partial charge in [-0.05, 0) is 54.7 Å². The fourth-order valence-corrected chi connectivity index (χ4v) is 4.61. The molecular formula is C26H31N3O2. The largest absolute Gasteiger partial charge is 0.438 e. The molecule has 1 fully saturated rings. The predicted octanol–water partition coefficient (Wildman–Crippen LogP) is 5.57. The van der Waals surface area contributed by atoms with Gasteiger partial charge in [-0.2, -0.15) is 0 Å². The summed E-state index contributed by atoms with van der Waals surface area (Å²) < 4.78 is 6.03. The topological polar surface area (TPSA) is 77.2 Å². The maximum Gasteiger partial charge on any atom is 0.250 e. The minimum absolute atomic E-state index is 0.363. The number of fused-ring (bicyclic) bond motifs is 1. The number of hydrogen-bond donors (Lipinski definition) is 2. The summed E-state index contributed by atoms with van der Waals surface area (Å²) in [5.74, 6) is 1.61. The third-order valence-electron chi connectivity index (χ3n) is 6.33. The number of pyridine rings is 1. The molecule has 1 saturated carbocycles. The molecule has 1 aliphatic rings. The van der Waals surface area contributed by atoms with Crippen molar-refractivity contribution in [3.05, 3.63) is 65.9 Å². The van der Waals surface area contributed by atoms with Gasteiger partial charge in [-0.1, -0.05) is 50.1 Å². The standard InChI is InChI=1S/C26H31N3O2/c1-2-5-18-10-13-21(14-11-18)28-16-19-6-3-8-23-22(19)7-4-9-24(23)31-25-15-12-20(17-29-25)26(27)30/h3-4,6-9,12,15,17-18,21,28H,2,5,10-11,13-14,16H2,1H3,(H2,27,30). The second kappa shape index (κ2) is 9.92. The molecule has 0 atom stereocenters. The van der Waals surface area contributed by atoms with Crippen LogP contribution in [-0.4, -0.2) is 16.9 Å². The van der Waals surface area contributed by atoms with Crippen LogP contribution in [0.5, 0.6) is 11.6 Å². The highest BCUT2D eigenvalue weighted by Gasteiger charge is 2.20. The lowest BCUT2D eigenvalue weighted by Gasteiger charge is -2.29. The van der Waals surface area contributed by atoms with E-state index in [9.17, 15) is 4.79 Å². The Morgan fingerprint density at radius 1 is 1.06 bits per heavy atom. The van der Waals surface area contributed by atoms with Crippen molar-refractivity contribution >= 4 is 16.7 Å². The highest BCUT2D eigenvalue weighted by molar-refractivity contribution is 5.92. The van der Waals surface area contributed by atoms with Crippen molar-refractivity contribution in [2.24, 2.45) is 11.7 Å². The van der Waals surface area contributed by atoms with E-state index in [0.717, 1.165) is 23.6 Å². The van der Waals surface area contributed by atoms with Gasteiger partial charge in [-0.15, -0.1) is 0 Å². The molecule has 0 saturated heterocycles. The van der Waals surface area contributed by atoms with Crippen LogP contribution in [0.25, 0.3) is 10.8 Å². The molecule has 0 aliphatic heterocycles. The molecule has 5 nitrogen and oxygen atoms in total. The van der Waals surface area contributed by atoms with Gasteiger partial charge in [0.25, 0.3) is 0 Å². The Morgan fingerprint density at radius 2 is 1.84 bits per heavy atom. The zero-order chi connectivity index (χ0) is 21.6. The Bertz CT molecular complexity index is 1020. The lowest BCUT2D eigenvalue weighted by molar-refractivity contribution is 0.1000. The Morgan fingerprint density at radius 3 is 2.55 bits per heavy atom. The second-order valence-electron chi connectivity index (χ2n) is 8.51. The fraction of sp³-hybridized carbons (Fsp3) is 0.385. The molecule has 0 radical (unpaired) electrons. The van der Waals surface area contributed by atoms with Crippen molar-refractivity contribution in [2.75, 3.05) is 0 Å². The summed E-state index contributed by atoms with van der Waals surface area (Å²) in [5, 5.41) is 6.01. The minimum Gasteiger partial charge on any atom is -0.438 e. The third-order valence-corrected chi connectivity index (χ3v) is 6.33. The van der Waals surface area contributed by atoms with E-state index in [0.29, 0.717) is 17.5 Å². The molecule has 1 amide bonds. The van der Waals surface area contributed by atoms with Gasteiger partial charge in [0.05, 0.1) is 5.56 Å². The number of benzene rings is 2.